The molecule has 0 spiro atoms. The minimum absolute atomic E-state index is 0.130. The summed E-state index contributed by atoms with van der Waals surface area (Å²) in [6.45, 7) is 0. The zero-order valence-electron chi connectivity index (χ0n) is 13.1. The number of rotatable bonds is 4. The van der Waals surface area contributed by atoms with Crippen molar-refractivity contribution < 1.29 is 4.79 Å². The molecule has 3 aromatic carbocycles. The van der Waals surface area contributed by atoms with Gasteiger partial charge in [-0.25, -0.2) is 4.68 Å². The van der Waals surface area contributed by atoms with Crippen LogP contribution in [0.4, 0.5) is 0 Å². The molecule has 0 amide bonds. The molecule has 0 unspecified atom stereocenters. The summed E-state index contributed by atoms with van der Waals surface area (Å²) < 4.78 is 1.91. The Morgan fingerprint density at radius 3 is 2.33 bits per heavy atom. The van der Waals surface area contributed by atoms with E-state index >= 15 is 0 Å². The van der Waals surface area contributed by atoms with E-state index in [9.17, 15) is 4.79 Å². The second kappa shape index (κ2) is 6.13. The summed E-state index contributed by atoms with van der Waals surface area (Å²) in [6, 6.07) is 25.5. The maximum Gasteiger partial charge on any atom is 0.167 e. The number of nitrogens with zero attached hydrogens (tertiary/aromatic N) is 2. The van der Waals surface area contributed by atoms with Crippen molar-refractivity contribution >= 4 is 16.7 Å². The first kappa shape index (κ1) is 14.4. The number of ketones is 1. The Labute approximate surface area is 140 Å². The van der Waals surface area contributed by atoms with E-state index in [1.165, 1.54) is 0 Å². The van der Waals surface area contributed by atoms with Crippen LogP contribution in [0.25, 0.3) is 16.6 Å². The molecule has 1 aromatic heterocycles. The highest BCUT2D eigenvalue weighted by molar-refractivity contribution is 5.98. The first-order chi connectivity index (χ1) is 11.8. The van der Waals surface area contributed by atoms with E-state index in [0.717, 1.165) is 27.7 Å². The molecule has 116 valence electrons. The quantitative estimate of drug-likeness (QED) is 0.522. The van der Waals surface area contributed by atoms with E-state index in [2.05, 4.69) is 5.10 Å². The number of Topliss-reactive ketones (excluding diaryl/α,β-unsaturated/α-hetero) is 1. The second-order valence-electron chi connectivity index (χ2n) is 5.75. The van der Waals surface area contributed by atoms with Gasteiger partial charge >= 0.3 is 0 Å². The zero-order chi connectivity index (χ0) is 16.4. The van der Waals surface area contributed by atoms with Crippen LogP contribution >= 0.6 is 0 Å². The Morgan fingerprint density at radius 1 is 0.875 bits per heavy atom. The van der Waals surface area contributed by atoms with Gasteiger partial charge in [0.2, 0.25) is 0 Å². The molecule has 0 radical (unpaired) electrons. The van der Waals surface area contributed by atoms with Gasteiger partial charge in [-0.3, -0.25) is 4.79 Å². The molecule has 0 aliphatic carbocycles. The van der Waals surface area contributed by atoms with Crippen LogP contribution in [0.15, 0.2) is 85.1 Å². The Hall–Kier alpha value is -3.20. The van der Waals surface area contributed by atoms with Crippen molar-refractivity contribution in [1.29, 1.82) is 0 Å². The monoisotopic (exact) mass is 312 g/mol. The molecule has 3 nitrogen and oxygen atoms in total. The van der Waals surface area contributed by atoms with Gasteiger partial charge < -0.3 is 0 Å². The van der Waals surface area contributed by atoms with Gasteiger partial charge in [0.15, 0.2) is 5.78 Å². The van der Waals surface area contributed by atoms with Crippen LogP contribution in [0.2, 0.25) is 0 Å². The van der Waals surface area contributed by atoms with Gasteiger partial charge in [-0.2, -0.15) is 5.10 Å². The Kier molecular flexibility index (Phi) is 3.67. The lowest BCUT2D eigenvalue weighted by Crippen LogP contribution is -2.03. The summed E-state index contributed by atoms with van der Waals surface area (Å²) in [5.74, 6) is 0.130. The predicted octanol–water partition coefficient (Wildman–Crippen LogP) is 4.45. The van der Waals surface area contributed by atoms with Crippen LogP contribution in [0.5, 0.6) is 0 Å². The van der Waals surface area contributed by atoms with Crippen molar-refractivity contribution in [2.24, 2.45) is 0 Å². The summed E-state index contributed by atoms with van der Waals surface area (Å²) in [4.78, 5) is 12.4. The lowest BCUT2D eigenvalue weighted by molar-refractivity contribution is 0.0993. The average molecular weight is 312 g/mol. The van der Waals surface area contributed by atoms with E-state index < -0.39 is 0 Å². The standard InChI is InChI=1S/C21H16N2O/c24-21(17-7-3-1-4-8-17)14-16-11-12-20-18(13-16)15-22-23(20)19-9-5-2-6-10-19/h1-13,15H,14H2. The fourth-order valence-electron chi connectivity index (χ4n) is 2.88. The maximum atomic E-state index is 12.4. The number of aromatic nitrogens is 2. The molecular formula is C21H16N2O. The third-order valence-electron chi connectivity index (χ3n) is 4.09. The molecule has 0 N–H and O–H groups in total. The van der Waals surface area contributed by atoms with Crippen LogP contribution in [-0.2, 0) is 6.42 Å². The number of carbonyl (C=O) groups excluding carboxylic acids is 1. The molecule has 0 fully saturated rings. The Bertz CT molecular complexity index is 988. The molecule has 1 heterocycles. The van der Waals surface area contributed by atoms with Gasteiger partial charge in [0.1, 0.15) is 0 Å². The molecule has 0 atom stereocenters. The van der Waals surface area contributed by atoms with E-state index in [0.29, 0.717) is 6.42 Å². The third-order valence-corrected chi connectivity index (χ3v) is 4.09. The van der Waals surface area contributed by atoms with Gasteiger partial charge in [-0.1, -0.05) is 54.6 Å². The SMILES string of the molecule is O=C(Cc1ccc2c(cnn2-c2ccccc2)c1)c1ccccc1. The van der Waals surface area contributed by atoms with E-state index in [4.69, 9.17) is 0 Å². The number of hydrogen-bond donors (Lipinski definition) is 0. The molecule has 0 aliphatic heterocycles. The topological polar surface area (TPSA) is 34.9 Å². The molecule has 0 saturated carbocycles. The van der Waals surface area contributed by atoms with Crippen LogP contribution in [0.3, 0.4) is 0 Å². The van der Waals surface area contributed by atoms with Crippen LogP contribution in [0.1, 0.15) is 15.9 Å². The lowest BCUT2D eigenvalue weighted by Gasteiger charge is -2.05. The van der Waals surface area contributed by atoms with Crippen molar-refractivity contribution in [3.8, 4) is 5.69 Å². The molecule has 0 aliphatic rings. The first-order valence-corrected chi connectivity index (χ1v) is 7.91. The highest BCUT2D eigenvalue weighted by Gasteiger charge is 2.09. The van der Waals surface area contributed by atoms with Crippen LogP contribution in [-0.4, -0.2) is 15.6 Å². The van der Waals surface area contributed by atoms with Crippen molar-refractivity contribution in [1.82, 2.24) is 9.78 Å². The highest BCUT2D eigenvalue weighted by Crippen LogP contribution is 2.20. The lowest BCUT2D eigenvalue weighted by atomic mass is 10.0. The smallest absolute Gasteiger partial charge is 0.167 e. The molecule has 0 bridgehead atoms. The molecule has 4 rings (SSSR count). The summed E-state index contributed by atoms with van der Waals surface area (Å²) in [5.41, 5.74) is 3.82. The van der Waals surface area contributed by atoms with Gasteiger partial charge in [-0.05, 0) is 29.8 Å². The highest BCUT2D eigenvalue weighted by atomic mass is 16.1. The summed E-state index contributed by atoms with van der Waals surface area (Å²) >= 11 is 0. The number of benzene rings is 3. The maximum absolute atomic E-state index is 12.4. The van der Waals surface area contributed by atoms with Crippen LogP contribution in [0, 0.1) is 0 Å². The largest absolute Gasteiger partial charge is 0.294 e. The molecule has 24 heavy (non-hydrogen) atoms. The van der Waals surface area contributed by atoms with Crippen molar-refractivity contribution in [2.45, 2.75) is 6.42 Å². The second-order valence-corrected chi connectivity index (χ2v) is 5.75. The first-order valence-electron chi connectivity index (χ1n) is 7.91. The summed E-state index contributed by atoms with van der Waals surface area (Å²) in [7, 11) is 0. The van der Waals surface area contributed by atoms with E-state index in [1.54, 1.807) is 0 Å². The van der Waals surface area contributed by atoms with Crippen molar-refractivity contribution in [2.75, 3.05) is 0 Å². The van der Waals surface area contributed by atoms with Crippen molar-refractivity contribution in [3.05, 3.63) is 96.2 Å². The Balaban J connectivity index is 1.64. The van der Waals surface area contributed by atoms with Crippen LogP contribution < -0.4 is 0 Å². The van der Waals surface area contributed by atoms with E-state index in [-0.39, 0.29) is 5.78 Å². The minimum Gasteiger partial charge on any atom is -0.294 e. The fraction of sp³-hybridized carbons (Fsp3) is 0.0476. The molecular weight excluding hydrogens is 296 g/mol. The van der Waals surface area contributed by atoms with Gasteiger partial charge in [0.05, 0.1) is 17.4 Å². The third kappa shape index (κ3) is 2.72. The summed E-state index contributed by atoms with van der Waals surface area (Å²) in [5, 5.41) is 5.51. The number of fused-ring (bicyclic) bond motifs is 1. The van der Waals surface area contributed by atoms with E-state index in [1.807, 2.05) is 89.7 Å². The molecule has 4 aromatic rings. The molecule has 3 heteroatoms. The Morgan fingerprint density at radius 2 is 1.58 bits per heavy atom. The number of para-hydroxylation sites is 1. The van der Waals surface area contributed by atoms with Gasteiger partial charge in [-0.15, -0.1) is 0 Å². The average Bonchev–Trinajstić information content (AvgIpc) is 3.06. The fourth-order valence-corrected chi connectivity index (χ4v) is 2.88. The van der Waals surface area contributed by atoms with Crippen molar-refractivity contribution in [3.63, 3.8) is 0 Å². The minimum atomic E-state index is 0.130. The zero-order valence-corrected chi connectivity index (χ0v) is 13.1. The van der Waals surface area contributed by atoms with Gasteiger partial charge in [0, 0.05) is 17.4 Å². The normalized spacial score (nSPS) is 10.8. The van der Waals surface area contributed by atoms with Gasteiger partial charge in [0.25, 0.3) is 0 Å². The number of hydrogen-bond acceptors (Lipinski definition) is 2. The number of carbonyl (C=O) groups is 1. The summed E-state index contributed by atoms with van der Waals surface area (Å²) in [6.07, 6.45) is 2.25. The predicted molar refractivity (Wildman–Crippen MR) is 95.5 cm³/mol. The molecule has 0 saturated heterocycles.